The maximum Gasteiger partial charge on any atom is 0.210 e. The summed E-state index contributed by atoms with van der Waals surface area (Å²) in [6.45, 7) is 1.19. The second-order valence-electron chi connectivity index (χ2n) is 3.47. The maximum absolute atomic E-state index is 13.1. The van der Waals surface area contributed by atoms with Crippen LogP contribution in [0.2, 0.25) is 0 Å². The first-order valence-electron chi connectivity index (χ1n) is 5.39. The summed E-state index contributed by atoms with van der Waals surface area (Å²) < 4.78 is 18.7. The molecule has 0 radical (unpaired) electrons. The van der Waals surface area contributed by atoms with Gasteiger partial charge in [-0.15, -0.1) is 0 Å². The molecule has 1 aromatic carbocycles. The minimum absolute atomic E-state index is 0.337. The lowest BCUT2D eigenvalue weighted by molar-refractivity contribution is 0.197. The predicted octanol–water partition coefficient (Wildman–Crippen LogP) is 1.86. The molecule has 0 aliphatic carbocycles. The third-order valence-corrected chi connectivity index (χ3v) is 2.79. The van der Waals surface area contributed by atoms with Crippen LogP contribution in [0.5, 0.6) is 0 Å². The van der Waals surface area contributed by atoms with Gasteiger partial charge in [-0.1, -0.05) is 0 Å². The number of nitrogens with two attached hydrogens (primary N) is 1. The Morgan fingerprint density at radius 3 is 3.00 bits per heavy atom. The largest absolute Gasteiger partial charge is 0.385 e. The Kier molecular flexibility index (Phi) is 6.63. The van der Waals surface area contributed by atoms with Gasteiger partial charge in [0.15, 0.2) is 0 Å². The van der Waals surface area contributed by atoms with Crippen LogP contribution in [0.3, 0.4) is 0 Å². The lowest BCUT2D eigenvalue weighted by atomic mass is 10.3. The minimum atomic E-state index is -0.337. The molecule has 0 amide bonds. The van der Waals surface area contributed by atoms with Crippen molar-refractivity contribution < 1.29 is 9.13 Å². The van der Waals surface area contributed by atoms with Gasteiger partial charge < -0.3 is 10.1 Å². The molecular weight excluding hydrogens is 303 g/mol. The molecule has 0 atom stereocenters. The molecule has 0 heterocycles. The van der Waals surface area contributed by atoms with Crippen molar-refractivity contribution in [2.45, 2.75) is 6.42 Å². The molecular formula is C11H16BrFN4O. The van der Waals surface area contributed by atoms with E-state index in [1.165, 1.54) is 12.1 Å². The number of hydrogen-bond acceptors (Lipinski definition) is 3. The summed E-state index contributed by atoms with van der Waals surface area (Å²) >= 11 is 3.31. The Balaban J connectivity index is 2.64. The number of halogens is 2. The van der Waals surface area contributed by atoms with Gasteiger partial charge in [0.05, 0.1) is 5.69 Å². The van der Waals surface area contributed by atoms with Crippen LogP contribution in [-0.4, -0.2) is 26.2 Å². The minimum Gasteiger partial charge on any atom is -0.385 e. The number of hydrogen-bond donors (Lipinski definition) is 3. The van der Waals surface area contributed by atoms with Crippen LogP contribution >= 0.6 is 15.9 Å². The molecule has 5 nitrogen and oxygen atoms in total. The third kappa shape index (κ3) is 4.99. The lowest BCUT2D eigenvalue weighted by Gasteiger charge is -2.10. The number of aliphatic imine (C=N–C) groups is 1. The number of hydrazine groups is 1. The van der Waals surface area contributed by atoms with Gasteiger partial charge in [0.25, 0.3) is 0 Å². The smallest absolute Gasteiger partial charge is 0.210 e. The first-order chi connectivity index (χ1) is 8.67. The highest BCUT2D eigenvalue weighted by atomic mass is 79.9. The summed E-state index contributed by atoms with van der Waals surface area (Å²) in [5.41, 5.74) is 2.98. The van der Waals surface area contributed by atoms with Crippen molar-refractivity contribution in [3.8, 4) is 0 Å². The quantitative estimate of drug-likeness (QED) is 0.255. The summed E-state index contributed by atoms with van der Waals surface area (Å²) in [5.74, 6) is 5.38. The van der Waals surface area contributed by atoms with E-state index in [9.17, 15) is 4.39 Å². The van der Waals surface area contributed by atoms with Gasteiger partial charge >= 0.3 is 0 Å². The molecule has 0 aliphatic heterocycles. The standard InChI is InChI=1S/C11H16BrFN4O/c1-18-6-2-5-15-11(17-14)16-10-7-8(13)3-4-9(10)12/h3-4,7H,2,5-6,14H2,1H3,(H2,15,16,17). The molecule has 0 unspecified atom stereocenters. The van der Waals surface area contributed by atoms with Crippen molar-refractivity contribution in [3.63, 3.8) is 0 Å². The van der Waals surface area contributed by atoms with E-state index in [1.807, 2.05) is 0 Å². The van der Waals surface area contributed by atoms with E-state index in [4.69, 9.17) is 10.6 Å². The molecule has 0 bridgehead atoms. The van der Waals surface area contributed by atoms with E-state index in [0.29, 0.717) is 24.8 Å². The first kappa shape index (κ1) is 14.9. The van der Waals surface area contributed by atoms with Crippen LogP contribution in [0.1, 0.15) is 6.42 Å². The fourth-order valence-corrected chi connectivity index (χ4v) is 1.59. The van der Waals surface area contributed by atoms with Crippen LogP contribution < -0.4 is 16.6 Å². The molecule has 0 spiro atoms. The molecule has 0 aliphatic rings. The lowest BCUT2D eigenvalue weighted by Crippen LogP contribution is -2.36. The zero-order valence-corrected chi connectivity index (χ0v) is 11.6. The molecule has 0 aromatic heterocycles. The molecule has 7 heteroatoms. The fraction of sp³-hybridized carbons (Fsp3) is 0.364. The van der Waals surface area contributed by atoms with Crippen LogP contribution in [0.15, 0.2) is 27.7 Å². The number of nitrogens with zero attached hydrogens (tertiary/aromatic N) is 1. The molecule has 4 N–H and O–H groups in total. The van der Waals surface area contributed by atoms with Gasteiger partial charge in [0.1, 0.15) is 5.82 Å². The number of anilines is 1. The monoisotopic (exact) mass is 318 g/mol. The van der Waals surface area contributed by atoms with Gasteiger partial charge in [-0.3, -0.25) is 10.4 Å². The highest BCUT2D eigenvalue weighted by molar-refractivity contribution is 9.10. The Morgan fingerprint density at radius 1 is 1.56 bits per heavy atom. The van der Waals surface area contributed by atoms with Crippen molar-refractivity contribution in [3.05, 3.63) is 28.5 Å². The summed E-state index contributed by atoms with van der Waals surface area (Å²) in [5, 5.41) is 2.90. The van der Waals surface area contributed by atoms with Crippen molar-refractivity contribution in [1.82, 2.24) is 5.43 Å². The molecule has 1 aromatic rings. The van der Waals surface area contributed by atoms with Gasteiger partial charge in [0, 0.05) is 24.7 Å². The van der Waals surface area contributed by atoms with Gasteiger partial charge in [0.2, 0.25) is 5.96 Å². The SMILES string of the molecule is COCCCN=C(NN)Nc1cc(F)ccc1Br. The van der Waals surface area contributed by atoms with Crippen LogP contribution in [0, 0.1) is 5.82 Å². The number of ether oxygens (including phenoxy) is 1. The highest BCUT2D eigenvalue weighted by Crippen LogP contribution is 2.22. The summed E-state index contributed by atoms with van der Waals surface area (Å²) in [6.07, 6.45) is 0.785. The maximum atomic E-state index is 13.1. The second kappa shape index (κ2) is 8.02. The Hall–Kier alpha value is -1.18. The van der Waals surface area contributed by atoms with E-state index < -0.39 is 0 Å². The summed E-state index contributed by atoms with van der Waals surface area (Å²) in [7, 11) is 1.63. The zero-order valence-electron chi connectivity index (χ0n) is 10.0. The molecule has 18 heavy (non-hydrogen) atoms. The van der Waals surface area contributed by atoms with Crippen molar-refractivity contribution in [2.75, 3.05) is 25.6 Å². The Labute approximate surface area is 114 Å². The average molecular weight is 319 g/mol. The van der Waals surface area contributed by atoms with Crippen LogP contribution in [0.25, 0.3) is 0 Å². The Bertz CT molecular complexity index is 414. The number of guanidine groups is 1. The van der Waals surface area contributed by atoms with E-state index >= 15 is 0 Å². The number of nitrogens with one attached hydrogen (secondary N) is 2. The number of rotatable bonds is 5. The normalized spacial score (nSPS) is 11.4. The Morgan fingerprint density at radius 2 is 2.33 bits per heavy atom. The van der Waals surface area contributed by atoms with E-state index in [-0.39, 0.29) is 5.82 Å². The molecule has 0 saturated carbocycles. The molecule has 0 fully saturated rings. The zero-order chi connectivity index (χ0) is 13.4. The van der Waals surface area contributed by atoms with Crippen molar-refractivity contribution in [2.24, 2.45) is 10.8 Å². The molecule has 100 valence electrons. The van der Waals surface area contributed by atoms with E-state index in [0.717, 1.165) is 10.9 Å². The number of benzene rings is 1. The topological polar surface area (TPSA) is 71.7 Å². The van der Waals surface area contributed by atoms with E-state index in [2.05, 4.69) is 31.7 Å². The van der Waals surface area contributed by atoms with Crippen LogP contribution in [0.4, 0.5) is 10.1 Å². The third-order valence-electron chi connectivity index (χ3n) is 2.09. The van der Waals surface area contributed by atoms with E-state index in [1.54, 1.807) is 13.2 Å². The second-order valence-corrected chi connectivity index (χ2v) is 4.32. The van der Waals surface area contributed by atoms with Gasteiger partial charge in [-0.05, 0) is 40.5 Å². The number of methoxy groups -OCH3 is 1. The average Bonchev–Trinajstić information content (AvgIpc) is 2.37. The van der Waals surface area contributed by atoms with Crippen molar-refractivity contribution in [1.29, 1.82) is 0 Å². The first-order valence-corrected chi connectivity index (χ1v) is 6.18. The fourth-order valence-electron chi connectivity index (χ4n) is 1.24. The summed E-state index contributed by atoms with van der Waals surface area (Å²) in [6, 6.07) is 4.32. The van der Waals surface area contributed by atoms with Gasteiger partial charge in [-0.2, -0.15) is 0 Å². The predicted molar refractivity (Wildman–Crippen MR) is 73.8 cm³/mol. The van der Waals surface area contributed by atoms with Crippen molar-refractivity contribution >= 4 is 27.6 Å². The molecule has 1 rings (SSSR count). The van der Waals surface area contributed by atoms with Gasteiger partial charge in [-0.25, -0.2) is 10.2 Å². The summed E-state index contributed by atoms with van der Waals surface area (Å²) in [4.78, 5) is 4.19. The van der Waals surface area contributed by atoms with Crippen LogP contribution in [-0.2, 0) is 4.74 Å². The highest BCUT2D eigenvalue weighted by Gasteiger charge is 2.04. The molecule has 0 saturated heterocycles.